The Labute approximate surface area is 184 Å². The van der Waals surface area contributed by atoms with Crippen LogP contribution < -0.4 is 20.1 Å². The van der Waals surface area contributed by atoms with Crippen molar-refractivity contribution in [3.8, 4) is 0 Å². The van der Waals surface area contributed by atoms with Crippen LogP contribution in [0, 0.1) is 11.7 Å². The zero-order valence-corrected chi connectivity index (χ0v) is 18.5. The van der Waals surface area contributed by atoms with Crippen molar-refractivity contribution in [1.29, 1.82) is 0 Å². The first-order chi connectivity index (χ1) is 14.9. The molecule has 3 rings (SSSR count). The van der Waals surface area contributed by atoms with Gasteiger partial charge in [0, 0.05) is 6.04 Å². The SMILES string of the molecule is CCOC(=O)/C=c1\s/c(=C/c2ccc(F)cc2)c(=O)n1CC(=O)N[C@@H]1CCCC[C@@H]1C. The highest BCUT2D eigenvalue weighted by molar-refractivity contribution is 7.07. The van der Waals surface area contributed by atoms with E-state index >= 15 is 0 Å². The number of amides is 1. The Hall–Kier alpha value is -2.74. The zero-order valence-electron chi connectivity index (χ0n) is 17.7. The topological polar surface area (TPSA) is 77.4 Å². The quantitative estimate of drug-likeness (QED) is 0.688. The van der Waals surface area contributed by atoms with Crippen LogP contribution >= 0.6 is 11.3 Å². The maximum atomic E-state index is 13.2. The largest absolute Gasteiger partial charge is 0.463 e. The average Bonchev–Trinajstić information content (AvgIpc) is 3.00. The molecule has 1 N–H and O–H groups in total. The van der Waals surface area contributed by atoms with Crippen LogP contribution in [0.4, 0.5) is 4.39 Å². The summed E-state index contributed by atoms with van der Waals surface area (Å²) in [7, 11) is 0. The lowest BCUT2D eigenvalue weighted by atomic mass is 9.86. The molecule has 0 radical (unpaired) electrons. The fourth-order valence-electron chi connectivity index (χ4n) is 3.71. The minimum atomic E-state index is -0.577. The minimum Gasteiger partial charge on any atom is -0.463 e. The Morgan fingerprint density at radius 2 is 1.97 bits per heavy atom. The van der Waals surface area contributed by atoms with Crippen LogP contribution in [0.1, 0.15) is 45.1 Å². The number of ether oxygens (including phenoxy) is 1. The molecular formula is C23H27FN2O4S. The number of nitrogens with one attached hydrogen (secondary N) is 1. The van der Waals surface area contributed by atoms with Crippen LogP contribution in [0.2, 0.25) is 0 Å². The number of hydrogen-bond acceptors (Lipinski definition) is 5. The van der Waals surface area contributed by atoms with E-state index in [1.54, 1.807) is 25.1 Å². The van der Waals surface area contributed by atoms with E-state index in [0.717, 1.165) is 30.6 Å². The average molecular weight is 447 g/mol. The Morgan fingerprint density at radius 3 is 2.65 bits per heavy atom. The lowest BCUT2D eigenvalue weighted by Crippen LogP contribution is -2.45. The number of hydrogen-bond donors (Lipinski definition) is 1. The second-order valence-electron chi connectivity index (χ2n) is 7.72. The Balaban J connectivity index is 1.94. The van der Waals surface area contributed by atoms with Gasteiger partial charge >= 0.3 is 5.97 Å². The summed E-state index contributed by atoms with van der Waals surface area (Å²) >= 11 is 1.09. The fourth-order valence-corrected chi connectivity index (χ4v) is 4.75. The van der Waals surface area contributed by atoms with E-state index in [1.165, 1.54) is 29.2 Å². The summed E-state index contributed by atoms with van der Waals surface area (Å²) < 4.78 is 20.1. The minimum absolute atomic E-state index is 0.0957. The van der Waals surface area contributed by atoms with E-state index in [2.05, 4.69) is 12.2 Å². The van der Waals surface area contributed by atoms with E-state index in [-0.39, 0.29) is 36.5 Å². The van der Waals surface area contributed by atoms with Crippen LogP contribution in [-0.2, 0) is 20.9 Å². The Bertz CT molecular complexity index is 1100. The van der Waals surface area contributed by atoms with Crippen molar-refractivity contribution in [2.45, 2.75) is 52.1 Å². The molecule has 0 unspecified atom stereocenters. The first kappa shape index (κ1) is 22.9. The molecule has 0 saturated heterocycles. The smallest absolute Gasteiger partial charge is 0.333 e. The van der Waals surface area contributed by atoms with Crippen LogP contribution in [-0.4, -0.2) is 29.1 Å². The number of halogens is 1. The van der Waals surface area contributed by atoms with Crippen molar-refractivity contribution in [2.75, 3.05) is 6.61 Å². The van der Waals surface area contributed by atoms with Crippen LogP contribution in [0.5, 0.6) is 0 Å². The molecule has 1 saturated carbocycles. The van der Waals surface area contributed by atoms with E-state index in [1.807, 2.05) is 0 Å². The third-order valence-electron chi connectivity index (χ3n) is 5.39. The fraction of sp³-hybridized carbons (Fsp3) is 0.435. The predicted octanol–water partition coefficient (Wildman–Crippen LogP) is 1.92. The van der Waals surface area contributed by atoms with Gasteiger partial charge in [-0.1, -0.05) is 31.9 Å². The molecule has 1 aliphatic carbocycles. The lowest BCUT2D eigenvalue weighted by Gasteiger charge is -2.29. The van der Waals surface area contributed by atoms with Gasteiger partial charge in [-0.2, -0.15) is 0 Å². The summed E-state index contributed by atoms with van der Waals surface area (Å²) in [6.45, 7) is 3.84. The van der Waals surface area contributed by atoms with Crippen LogP contribution in [0.15, 0.2) is 29.1 Å². The van der Waals surface area contributed by atoms with Gasteiger partial charge in [-0.3, -0.25) is 14.2 Å². The Morgan fingerprint density at radius 1 is 1.26 bits per heavy atom. The second-order valence-corrected chi connectivity index (χ2v) is 8.79. The molecule has 1 aromatic heterocycles. The number of thiazole rings is 1. The number of aromatic nitrogens is 1. The molecule has 0 spiro atoms. The maximum Gasteiger partial charge on any atom is 0.333 e. The van der Waals surface area contributed by atoms with Crippen LogP contribution in [0.25, 0.3) is 12.2 Å². The van der Waals surface area contributed by atoms with Gasteiger partial charge in [-0.25, -0.2) is 9.18 Å². The van der Waals surface area contributed by atoms with Crippen molar-refractivity contribution in [3.05, 3.63) is 55.2 Å². The molecule has 1 aromatic carbocycles. The zero-order chi connectivity index (χ0) is 22.4. The van der Waals surface area contributed by atoms with Gasteiger partial charge in [0.25, 0.3) is 5.56 Å². The number of rotatable bonds is 6. The third kappa shape index (κ3) is 6.13. The normalized spacial score (nSPS) is 20.0. The molecule has 2 atom stereocenters. The first-order valence-electron chi connectivity index (χ1n) is 10.5. The van der Waals surface area contributed by atoms with Crippen LogP contribution in [0.3, 0.4) is 0 Å². The molecule has 166 valence electrons. The maximum absolute atomic E-state index is 13.2. The van der Waals surface area contributed by atoms with Gasteiger partial charge in [-0.05, 0) is 49.5 Å². The summed E-state index contributed by atoms with van der Waals surface area (Å²) in [6.07, 6.45) is 7.09. The monoisotopic (exact) mass is 446 g/mol. The first-order valence-corrected chi connectivity index (χ1v) is 11.3. The van der Waals surface area contributed by atoms with Crippen molar-refractivity contribution in [3.63, 3.8) is 0 Å². The van der Waals surface area contributed by atoms with Gasteiger partial charge in [0.1, 0.15) is 17.0 Å². The molecule has 1 amide bonds. The van der Waals surface area contributed by atoms with Gasteiger partial charge in [0.2, 0.25) is 5.91 Å². The van der Waals surface area contributed by atoms with Crippen molar-refractivity contribution in [2.24, 2.45) is 5.92 Å². The number of esters is 1. The van der Waals surface area contributed by atoms with Crippen molar-refractivity contribution in [1.82, 2.24) is 9.88 Å². The molecule has 0 bridgehead atoms. The summed E-state index contributed by atoms with van der Waals surface area (Å²) in [4.78, 5) is 37.7. The van der Waals surface area contributed by atoms with Gasteiger partial charge < -0.3 is 10.1 Å². The highest BCUT2D eigenvalue weighted by atomic mass is 32.1. The van der Waals surface area contributed by atoms with E-state index in [4.69, 9.17) is 4.74 Å². The predicted molar refractivity (Wildman–Crippen MR) is 118 cm³/mol. The highest BCUT2D eigenvalue weighted by Crippen LogP contribution is 2.23. The molecule has 0 aliphatic heterocycles. The Kier molecular flexibility index (Phi) is 7.79. The molecule has 1 heterocycles. The lowest BCUT2D eigenvalue weighted by molar-refractivity contribution is -0.135. The molecule has 2 aromatic rings. The summed E-state index contributed by atoms with van der Waals surface area (Å²) in [5, 5.41) is 3.04. The van der Waals surface area contributed by atoms with E-state index < -0.39 is 5.97 Å². The molecular weight excluding hydrogens is 419 g/mol. The number of benzene rings is 1. The molecule has 8 heteroatoms. The van der Waals surface area contributed by atoms with Gasteiger partial charge in [-0.15, -0.1) is 11.3 Å². The number of carbonyl (C=O) groups is 2. The number of carbonyl (C=O) groups excluding carboxylic acids is 2. The molecule has 31 heavy (non-hydrogen) atoms. The summed E-state index contributed by atoms with van der Waals surface area (Å²) in [5.41, 5.74) is 0.270. The molecule has 1 fully saturated rings. The van der Waals surface area contributed by atoms with E-state index in [9.17, 15) is 18.8 Å². The highest BCUT2D eigenvalue weighted by Gasteiger charge is 2.23. The third-order valence-corrected chi connectivity index (χ3v) is 6.45. The summed E-state index contributed by atoms with van der Waals surface area (Å²) in [5.74, 6) is -0.812. The summed E-state index contributed by atoms with van der Waals surface area (Å²) in [6, 6.07) is 5.83. The van der Waals surface area contributed by atoms with Gasteiger partial charge in [0.05, 0.1) is 17.2 Å². The molecule has 1 aliphatic rings. The van der Waals surface area contributed by atoms with Gasteiger partial charge in [0.15, 0.2) is 0 Å². The van der Waals surface area contributed by atoms with E-state index in [0.29, 0.717) is 20.7 Å². The standard InChI is InChI=1S/C23H27FN2O4S/c1-3-30-22(28)13-21-26(14-20(27)25-18-7-5-4-6-15(18)2)23(29)19(31-21)12-16-8-10-17(24)11-9-16/h8-13,15,18H,3-7,14H2,1-2H3,(H,25,27)/b19-12+,21-13-/t15-,18+/m0/s1. The second kappa shape index (κ2) is 10.5. The number of nitrogens with zero attached hydrogens (tertiary/aromatic N) is 1. The molecule has 6 nitrogen and oxygen atoms in total. The van der Waals surface area contributed by atoms with Crippen molar-refractivity contribution >= 4 is 35.4 Å². The van der Waals surface area contributed by atoms with Crippen molar-refractivity contribution < 1.29 is 18.7 Å².